The topological polar surface area (TPSA) is 89.5 Å². The molecule has 0 aliphatic carbocycles. The molecule has 0 aliphatic heterocycles. The van der Waals surface area contributed by atoms with Gasteiger partial charge in [0.1, 0.15) is 10.6 Å². The van der Waals surface area contributed by atoms with Crippen molar-refractivity contribution in [1.29, 1.82) is 0 Å². The highest BCUT2D eigenvalue weighted by atomic mass is 32.2. The van der Waals surface area contributed by atoms with Gasteiger partial charge in [0, 0.05) is 18.2 Å². The van der Waals surface area contributed by atoms with Crippen molar-refractivity contribution < 1.29 is 22.2 Å². The average Bonchev–Trinajstić information content (AvgIpc) is 2.46. The number of nitrogens with one attached hydrogen (secondary N) is 1. The summed E-state index contributed by atoms with van der Waals surface area (Å²) in [6.07, 6.45) is 0.395. The van der Waals surface area contributed by atoms with E-state index in [-0.39, 0.29) is 22.1 Å². The summed E-state index contributed by atoms with van der Waals surface area (Å²) in [6.45, 7) is 1.31. The van der Waals surface area contributed by atoms with Crippen molar-refractivity contribution >= 4 is 28.0 Å². The number of carbonyl (C=O) groups excluding carboxylic acids is 2. The zero-order valence-corrected chi connectivity index (χ0v) is 12.5. The van der Waals surface area contributed by atoms with E-state index in [0.29, 0.717) is 12.0 Å². The van der Waals surface area contributed by atoms with Crippen molar-refractivity contribution in [3.05, 3.63) is 54.1 Å². The molecule has 0 saturated heterocycles. The van der Waals surface area contributed by atoms with E-state index in [4.69, 9.17) is 4.18 Å². The van der Waals surface area contributed by atoms with E-state index in [9.17, 15) is 18.0 Å². The first-order valence-corrected chi connectivity index (χ1v) is 7.69. The van der Waals surface area contributed by atoms with Crippen molar-refractivity contribution in [2.45, 2.75) is 11.8 Å². The number of amides is 1. The molecule has 0 bridgehead atoms. The van der Waals surface area contributed by atoms with Crippen LogP contribution in [0.3, 0.4) is 0 Å². The summed E-state index contributed by atoms with van der Waals surface area (Å²) in [5.41, 5.74) is 0.232. The molecule has 0 unspecified atom stereocenters. The second-order valence-electron chi connectivity index (χ2n) is 4.40. The van der Waals surface area contributed by atoms with Crippen LogP contribution in [0.25, 0.3) is 0 Å². The van der Waals surface area contributed by atoms with Crippen LogP contribution in [0.2, 0.25) is 0 Å². The molecule has 0 heterocycles. The van der Waals surface area contributed by atoms with Crippen LogP contribution in [0.5, 0.6) is 5.75 Å². The molecule has 0 aromatic heterocycles. The van der Waals surface area contributed by atoms with Gasteiger partial charge in [-0.05, 0) is 30.3 Å². The minimum absolute atomic E-state index is 0.0952. The third-order valence-corrected chi connectivity index (χ3v) is 4.00. The number of para-hydroxylation sites is 1. The summed E-state index contributed by atoms with van der Waals surface area (Å²) in [6, 6.07) is 11.8. The van der Waals surface area contributed by atoms with Crippen molar-refractivity contribution in [2.75, 3.05) is 5.32 Å². The largest absolute Gasteiger partial charge is 0.379 e. The molecule has 0 aliphatic rings. The Labute approximate surface area is 127 Å². The van der Waals surface area contributed by atoms with Crippen LogP contribution in [0.1, 0.15) is 17.3 Å². The van der Waals surface area contributed by atoms with E-state index in [1.807, 2.05) is 0 Å². The average molecular weight is 319 g/mol. The maximum absolute atomic E-state index is 12.2. The second-order valence-corrected chi connectivity index (χ2v) is 5.92. The Balaban J connectivity index is 2.38. The predicted molar refractivity (Wildman–Crippen MR) is 80.4 cm³/mol. The Morgan fingerprint density at radius 2 is 1.82 bits per heavy atom. The Hall–Kier alpha value is -2.67. The first kappa shape index (κ1) is 15.7. The molecule has 0 saturated carbocycles. The minimum Gasteiger partial charge on any atom is -0.379 e. The van der Waals surface area contributed by atoms with Crippen LogP contribution in [0.4, 0.5) is 5.69 Å². The fraction of sp³-hybridized carbons (Fsp3) is 0.0667. The lowest BCUT2D eigenvalue weighted by Gasteiger charge is -2.10. The molecule has 1 N–H and O–H groups in total. The molecule has 0 atom stereocenters. The SMILES string of the molecule is CC(=O)Nc1ccc(S(=O)(=O)Oc2ccccc2)c(C=O)c1. The third-order valence-electron chi connectivity index (χ3n) is 2.68. The summed E-state index contributed by atoms with van der Waals surface area (Å²) in [4.78, 5) is 21.9. The minimum atomic E-state index is -4.15. The van der Waals surface area contributed by atoms with E-state index in [1.165, 1.54) is 37.3 Å². The van der Waals surface area contributed by atoms with Gasteiger partial charge in [0.05, 0.1) is 0 Å². The fourth-order valence-electron chi connectivity index (χ4n) is 1.80. The van der Waals surface area contributed by atoms with Gasteiger partial charge in [-0.2, -0.15) is 8.42 Å². The molecular weight excluding hydrogens is 306 g/mol. The molecule has 0 fully saturated rings. The highest BCUT2D eigenvalue weighted by Gasteiger charge is 2.21. The molecule has 0 radical (unpaired) electrons. The van der Waals surface area contributed by atoms with Crippen molar-refractivity contribution in [1.82, 2.24) is 0 Å². The zero-order chi connectivity index (χ0) is 16.2. The van der Waals surface area contributed by atoms with Gasteiger partial charge in [-0.15, -0.1) is 0 Å². The molecule has 2 aromatic rings. The molecule has 22 heavy (non-hydrogen) atoms. The Kier molecular flexibility index (Phi) is 4.57. The fourth-order valence-corrected chi connectivity index (χ4v) is 2.88. The molecule has 6 nitrogen and oxygen atoms in total. The van der Waals surface area contributed by atoms with Crippen LogP contribution < -0.4 is 9.50 Å². The molecule has 7 heteroatoms. The number of hydrogen-bond donors (Lipinski definition) is 1. The van der Waals surface area contributed by atoms with Crippen molar-refractivity contribution in [3.63, 3.8) is 0 Å². The summed E-state index contributed by atoms with van der Waals surface area (Å²) < 4.78 is 29.5. The van der Waals surface area contributed by atoms with Crippen molar-refractivity contribution in [3.8, 4) is 5.75 Å². The summed E-state index contributed by atoms with van der Waals surface area (Å²) in [5, 5.41) is 2.47. The van der Waals surface area contributed by atoms with Crippen LogP contribution in [-0.2, 0) is 14.9 Å². The first-order chi connectivity index (χ1) is 10.4. The van der Waals surface area contributed by atoms with Gasteiger partial charge in [-0.3, -0.25) is 9.59 Å². The Morgan fingerprint density at radius 1 is 1.14 bits per heavy atom. The van der Waals surface area contributed by atoms with Gasteiger partial charge in [0.2, 0.25) is 5.91 Å². The second kappa shape index (κ2) is 6.40. The van der Waals surface area contributed by atoms with Crippen LogP contribution in [0.15, 0.2) is 53.4 Å². The van der Waals surface area contributed by atoms with E-state index in [2.05, 4.69) is 5.32 Å². The lowest BCUT2D eigenvalue weighted by Crippen LogP contribution is -2.13. The maximum atomic E-state index is 12.2. The van der Waals surface area contributed by atoms with E-state index < -0.39 is 10.1 Å². The quantitative estimate of drug-likeness (QED) is 0.674. The van der Waals surface area contributed by atoms with Crippen LogP contribution in [-0.4, -0.2) is 20.6 Å². The van der Waals surface area contributed by atoms with E-state index in [0.717, 1.165) is 0 Å². The first-order valence-electron chi connectivity index (χ1n) is 6.29. The highest BCUT2D eigenvalue weighted by Crippen LogP contribution is 2.23. The third kappa shape index (κ3) is 3.70. The Bertz CT molecular complexity index is 800. The number of benzene rings is 2. The summed E-state index contributed by atoms with van der Waals surface area (Å²) >= 11 is 0. The predicted octanol–water partition coefficient (Wildman–Crippen LogP) is 2.23. The zero-order valence-electron chi connectivity index (χ0n) is 11.6. The van der Waals surface area contributed by atoms with Crippen LogP contribution >= 0.6 is 0 Å². The standard InChI is InChI=1S/C15H13NO5S/c1-11(18)16-13-7-8-15(12(9-13)10-17)22(19,20)21-14-5-3-2-4-6-14/h2-10H,1H3,(H,16,18). The number of rotatable bonds is 5. The van der Waals surface area contributed by atoms with Crippen molar-refractivity contribution in [2.24, 2.45) is 0 Å². The molecule has 0 spiro atoms. The van der Waals surface area contributed by atoms with Crippen LogP contribution in [0, 0.1) is 0 Å². The maximum Gasteiger partial charge on any atom is 0.339 e. The lowest BCUT2D eigenvalue weighted by molar-refractivity contribution is -0.114. The van der Waals surface area contributed by atoms with E-state index in [1.54, 1.807) is 18.2 Å². The number of hydrogen-bond acceptors (Lipinski definition) is 5. The highest BCUT2D eigenvalue weighted by molar-refractivity contribution is 7.87. The van der Waals surface area contributed by atoms with Gasteiger partial charge in [0.25, 0.3) is 0 Å². The van der Waals surface area contributed by atoms with Gasteiger partial charge < -0.3 is 9.50 Å². The number of aldehydes is 1. The normalized spacial score (nSPS) is 10.8. The summed E-state index contributed by atoms with van der Waals surface area (Å²) in [7, 11) is -4.15. The number of carbonyl (C=O) groups is 2. The van der Waals surface area contributed by atoms with E-state index >= 15 is 0 Å². The molecule has 1 amide bonds. The van der Waals surface area contributed by atoms with Gasteiger partial charge >= 0.3 is 10.1 Å². The molecule has 114 valence electrons. The molecule has 2 rings (SSSR count). The lowest BCUT2D eigenvalue weighted by atomic mass is 10.2. The summed E-state index contributed by atoms with van der Waals surface area (Å²) in [5.74, 6) is -0.182. The van der Waals surface area contributed by atoms with Gasteiger partial charge in [-0.25, -0.2) is 0 Å². The number of anilines is 1. The van der Waals surface area contributed by atoms with Gasteiger partial charge in [-0.1, -0.05) is 18.2 Å². The molecule has 2 aromatic carbocycles. The smallest absolute Gasteiger partial charge is 0.339 e. The molecular formula is C15H13NO5S. The Morgan fingerprint density at radius 3 is 2.41 bits per heavy atom. The monoisotopic (exact) mass is 319 g/mol. The van der Waals surface area contributed by atoms with Gasteiger partial charge in [0.15, 0.2) is 6.29 Å².